The minimum atomic E-state index is -0.658. The maximum Gasteiger partial charge on any atom is 0.0750 e. The predicted molar refractivity (Wildman–Crippen MR) is 150 cm³/mol. The number of benzene rings is 3. The first-order valence-corrected chi connectivity index (χ1v) is 13.4. The molecule has 0 amide bonds. The van der Waals surface area contributed by atoms with E-state index in [0.29, 0.717) is 0 Å². The number of hydrogen-bond donors (Lipinski definition) is 1. The average Bonchev–Trinajstić information content (AvgIpc) is 3.39. The van der Waals surface area contributed by atoms with Gasteiger partial charge in [0.15, 0.2) is 0 Å². The van der Waals surface area contributed by atoms with E-state index in [2.05, 4.69) is 134 Å². The van der Waals surface area contributed by atoms with Gasteiger partial charge in [-0.2, -0.15) is 6.07 Å². The second-order valence-corrected chi connectivity index (χ2v) is 11.0. The molecule has 0 fully saturated rings. The Morgan fingerprint density at radius 2 is 1.34 bits per heavy atom. The van der Waals surface area contributed by atoms with Crippen LogP contribution in [-0.4, -0.2) is 4.98 Å². The smallest absolute Gasteiger partial charge is 0.0750 e. The van der Waals surface area contributed by atoms with E-state index < -0.39 is 7.92 Å². The lowest BCUT2D eigenvalue weighted by molar-refractivity contribution is 0.509. The number of nitrogens with zero attached hydrogens (tertiary/aromatic N) is 1. The SMILES string of the molecule is Cc1ccccc1[C@@H](N[C@@H](C)[c-]1cccc1P(c1ccccc1)c1ccccc1)c1ccccn1. The van der Waals surface area contributed by atoms with Crippen LogP contribution in [0.15, 0.2) is 128 Å². The maximum atomic E-state index is 4.73. The van der Waals surface area contributed by atoms with Gasteiger partial charge in [-0.1, -0.05) is 97.9 Å². The summed E-state index contributed by atoms with van der Waals surface area (Å²) < 4.78 is 0. The molecular formula is C32H30N2P-. The van der Waals surface area contributed by atoms with Crippen LogP contribution >= 0.6 is 7.92 Å². The first-order valence-electron chi connectivity index (χ1n) is 12.1. The van der Waals surface area contributed by atoms with Crippen molar-refractivity contribution in [2.45, 2.75) is 25.9 Å². The number of aryl methyl sites for hydroxylation is 1. The van der Waals surface area contributed by atoms with Gasteiger partial charge in [-0.05, 0) is 54.8 Å². The highest BCUT2D eigenvalue weighted by molar-refractivity contribution is 7.79. The van der Waals surface area contributed by atoms with Crippen LogP contribution in [0.25, 0.3) is 0 Å². The van der Waals surface area contributed by atoms with Crippen LogP contribution in [0.3, 0.4) is 0 Å². The highest BCUT2D eigenvalue weighted by Gasteiger charge is 2.22. The number of nitrogens with one attached hydrogen (secondary N) is 1. The molecule has 1 N–H and O–H groups in total. The largest absolute Gasteiger partial charge is 0.309 e. The van der Waals surface area contributed by atoms with Gasteiger partial charge in [0, 0.05) is 6.20 Å². The van der Waals surface area contributed by atoms with Gasteiger partial charge in [0.25, 0.3) is 0 Å². The van der Waals surface area contributed by atoms with Crippen LogP contribution in [-0.2, 0) is 0 Å². The van der Waals surface area contributed by atoms with Crippen molar-refractivity contribution in [3.05, 3.63) is 150 Å². The molecule has 1 heterocycles. The Kier molecular flexibility index (Phi) is 7.23. The Morgan fingerprint density at radius 3 is 1.97 bits per heavy atom. The zero-order valence-electron chi connectivity index (χ0n) is 20.2. The van der Waals surface area contributed by atoms with Crippen molar-refractivity contribution in [3.63, 3.8) is 0 Å². The molecule has 0 radical (unpaired) electrons. The quantitative estimate of drug-likeness (QED) is 0.211. The minimum Gasteiger partial charge on any atom is -0.309 e. The Labute approximate surface area is 209 Å². The molecule has 2 nitrogen and oxygen atoms in total. The molecular weight excluding hydrogens is 443 g/mol. The molecule has 4 aromatic carbocycles. The van der Waals surface area contributed by atoms with Crippen molar-refractivity contribution in [2.24, 2.45) is 0 Å². The molecule has 35 heavy (non-hydrogen) atoms. The van der Waals surface area contributed by atoms with E-state index in [-0.39, 0.29) is 12.1 Å². The van der Waals surface area contributed by atoms with Gasteiger partial charge in [0.05, 0.1) is 11.7 Å². The lowest BCUT2D eigenvalue weighted by Gasteiger charge is -2.31. The summed E-state index contributed by atoms with van der Waals surface area (Å²) in [4.78, 5) is 4.73. The fourth-order valence-electron chi connectivity index (χ4n) is 4.71. The fourth-order valence-corrected chi connectivity index (χ4v) is 7.26. The molecule has 174 valence electrons. The van der Waals surface area contributed by atoms with Gasteiger partial charge >= 0.3 is 0 Å². The summed E-state index contributed by atoms with van der Waals surface area (Å²) in [6.45, 7) is 4.45. The third-order valence-electron chi connectivity index (χ3n) is 6.46. The zero-order chi connectivity index (χ0) is 24.0. The summed E-state index contributed by atoms with van der Waals surface area (Å²) in [5.74, 6) is 0. The van der Waals surface area contributed by atoms with Crippen molar-refractivity contribution in [2.75, 3.05) is 0 Å². The number of hydrogen-bond acceptors (Lipinski definition) is 2. The Bertz CT molecular complexity index is 1310. The van der Waals surface area contributed by atoms with E-state index in [1.165, 1.54) is 32.6 Å². The van der Waals surface area contributed by atoms with Crippen LogP contribution in [0.4, 0.5) is 0 Å². The molecule has 0 aliphatic carbocycles. The highest BCUT2D eigenvalue weighted by Crippen LogP contribution is 2.37. The zero-order valence-corrected chi connectivity index (χ0v) is 21.1. The lowest BCUT2D eigenvalue weighted by Crippen LogP contribution is -2.30. The summed E-state index contributed by atoms with van der Waals surface area (Å²) in [6.07, 6.45) is 1.88. The van der Waals surface area contributed by atoms with Crippen molar-refractivity contribution >= 4 is 23.8 Å². The molecule has 5 rings (SSSR count). The van der Waals surface area contributed by atoms with E-state index >= 15 is 0 Å². The lowest BCUT2D eigenvalue weighted by atomic mass is 9.97. The van der Waals surface area contributed by atoms with E-state index in [0.717, 1.165) is 5.69 Å². The summed E-state index contributed by atoms with van der Waals surface area (Å²) in [7, 11) is -0.658. The molecule has 0 saturated heterocycles. The second-order valence-electron chi connectivity index (χ2n) is 8.81. The summed E-state index contributed by atoms with van der Waals surface area (Å²) in [5, 5.41) is 8.08. The van der Waals surface area contributed by atoms with E-state index in [9.17, 15) is 0 Å². The van der Waals surface area contributed by atoms with Gasteiger partial charge in [0.1, 0.15) is 0 Å². The van der Waals surface area contributed by atoms with Crippen molar-refractivity contribution in [1.29, 1.82) is 0 Å². The average molecular weight is 474 g/mol. The number of aromatic nitrogens is 1. The molecule has 1 aromatic heterocycles. The van der Waals surface area contributed by atoms with Crippen LogP contribution in [0, 0.1) is 6.92 Å². The van der Waals surface area contributed by atoms with Gasteiger partial charge in [-0.15, -0.1) is 10.9 Å². The third-order valence-corrected chi connectivity index (χ3v) is 8.98. The van der Waals surface area contributed by atoms with Gasteiger partial charge < -0.3 is 5.32 Å². The van der Waals surface area contributed by atoms with Gasteiger partial charge in [-0.25, -0.2) is 12.1 Å². The van der Waals surface area contributed by atoms with Crippen molar-refractivity contribution < 1.29 is 0 Å². The molecule has 2 atom stereocenters. The van der Waals surface area contributed by atoms with E-state index in [1.54, 1.807) is 0 Å². The van der Waals surface area contributed by atoms with Crippen LogP contribution in [0.2, 0.25) is 0 Å². The van der Waals surface area contributed by atoms with Gasteiger partial charge in [-0.3, -0.25) is 4.98 Å². The third kappa shape index (κ3) is 5.15. The molecule has 0 saturated carbocycles. The highest BCUT2D eigenvalue weighted by atomic mass is 31.1. The molecule has 0 spiro atoms. The molecule has 3 heteroatoms. The van der Waals surface area contributed by atoms with Crippen molar-refractivity contribution in [3.8, 4) is 0 Å². The molecule has 0 aliphatic heterocycles. The summed E-state index contributed by atoms with van der Waals surface area (Å²) in [6, 6.07) is 43.5. The second kappa shape index (κ2) is 10.9. The van der Waals surface area contributed by atoms with Gasteiger partial charge in [0.2, 0.25) is 0 Å². The van der Waals surface area contributed by atoms with Crippen LogP contribution in [0.5, 0.6) is 0 Å². The first-order chi connectivity index (χ1) is 17.2. The topological polar surface area (TPSA) is 24.9 Å². The Balaban J connectivity index is 1.54. The van der Waals surface area contributed by atoms with Crippen LogP contribution in [0.1, 0.15) is 41.4 Å². The number of pyridine rings is 1. The monoisotopic (exact) mass is 473 g/mol. The Morgan fingerprint density at radius 1 is 0.714 bits per heavy atom. The standard InChI is InChI=1S/C32H30N2P/c1-24-14-9-10-19-28(24)32(30-21-11-12-23-33-30)34-25(2)29-20-13-22-31(29)35(26-15-5-3-6-16-26)27-17-7-4-8-18-27/h3-23,25,32,34H,1-2H3/q-1/t25-,32+/m0/s1. The summed E-state index contributed by atoms with van der Waals surface area (Å²) in [5.41, 5.74) is 4.91. The maximum absolute atomic E-state index is 4.73. The molecule has 0 bridgehead atoms. The predicted octanol–water partition coefficient (Wildman–Crippen LogP) is 6.31. The molecule has 0 aliphatic rings. The summed E-state index contributed by atoms with van der Waals surface area (Å²) >= 11 is 0. The Hall–Kier alpha value is -3.45. The normalized spacial score (nSPS) is 13.0. The fraction of sp³-hybridized carbons (Fsp3) is 0.125. The molecule has 0 unspecified atom stereocenters. The number of rotatable bonds is 8. The van der Waals surface area contributed by atoms with E-state index in [4.69, 9.17) is 4.98 Å². The van der Waals surface area contributed by atoms with Crippen molar-refractivity contribution in [1.82, 2.24) is 10.3 Å². The van der Waals surface area contributed by atoms with E-state index in [1.807, 2.05) is 12.3 Å². The molecule has 5 aromatic rings. The first kappa shape index (κ1) is 23.3. The van der Waals surface area contributed by atoms with Crippen LogP contribution < -0.4 is 21.2 Å². The minimum absolute atomic E-state index is 0.00910.